The van der Waals surface area contributed by atoms with Crippen molar-refractivity contribution in [1.82, 2.24) is 0 Å². The maximum atomic E-state index is 11.0. The minimum atomic E-state index is -0.869. The van der Waals surface area contributed by atoms with Crippen molar-refractivity contribution in [3.63, 3.8) is 0 Å². The first-order valence-corrected chi connectivity index (χ1v) is 4.90. The quantitative estimate of drug-likeness (QED) is 0.617. The number of carboxylic acid groups (broad SMARTS) is 1. The molecule has 0 heterocycles. The molecule has 0 aliphatic rings. The van der Waals surface area contributed by atoms with Crippen LogP contribution >= 0.6 is 0 Å². The van der Waals surface area contributed by atoms with E-state index >= 15 is 0 Å². The molecule has 5 nitrogen and oxygen atoms in total. The summed E-state index contributed by atoms with van der Waals surface area (Å²) in [7, 11) is 0. The average Bonchev–Trinajstić information content (AvgIpc) is 2.14. The fourth-order valence-corrected chi connectivity index (χ4v) is 1.01. The van der Waals surface area contributed by atoms with E-state index in [1.165, 1.54) is 0 Å². The Morgan fingerprint density at radius 3 is 2.40 bits per heavy atom. The Hall–Kier alpha value is -1.10. The Morgan fingerprint density at radius 2 is 1.93 bits per heavy atom. The molecule has 0 saturated carbocycles. The molecule has 0 unspecified atom stereocenters. The number of carboxylic acids is 1. The van der Waals surface area contributed by atoms with Gasteiger partial charge in [0.2, 0.25) is 0 Å². The molecule has 0 amide bonds. The molecule has 88 valence electrons. The lowest BCUT2D eigenvalue weighted by atomic mass is 9.87. The van der Waals surface area contributed by atoms with Gasteiger partial charge >= 0.3 is 11.9 Å². The number of aliphatic hydroxyl groups excluding tert-OH is 1. The summed E-state index contributed by atoms with van der Waals surface area (Å²) >= 11 is 0. The molecule has 0 saturated heterocycles. The van der Waals surface area contributed by atoms with E-state index < -0.39 is 17.4 Å². The molecule has 5 heteroatoms. The van der Waals surface area contributed by atoms with E-state index in [0.29, 0.717) is 12.8 Å². The number of esters is 1. The number of aliphatic hydroxyl groups is 1. The van der Waals surface area contributed by atoms with Gasteiger partial charge in [0, 0.05) is 6.42 Å². The normalized spacial score (nSPS) is 11.1. The van der Waals surface area contributed by atoms with E-state index in [2.05, 4.69) is 4.74 Å². The fourth-order valence-electron chi connectivity index (χ4n) is 1.01. The number of carbonyl (C=O) groups excluding carboxylic acids is 1. The van der Waals surface area contributed by atoms with Crippen molar-refractivity contribution >= 4 is 11.9 Å². The molecule has 15 heavy (non-hydrogen) atoms. The summed E-state index contributed by atoms with van der Waals surface area (Å²) in [5, 5.41) is 17.2. The lowest BCUT2D eigenvalue weighted by Gasteiger charge is -2.18. The lowest BCUT2D eigenvalue weighted by Crippen LogP contribution is -2.23. The third-order valence-corrected chi connectivity index (χ3v) is 2.12. The average molecular weight is 218 g/mol. The van der Waals surface area contributed by atoms with Gasteiger partial charge in [-0.3, -0.25) is 9.59 Å². The number of aliphatic carboxylic acids is 1. The topological polar surface area (TPSA) is 83.8 Å². The van der Waals surface area contributed by atoms with Crippen LogP contribution in [0.15, 0.2) is 0 Å². The van der Waals surface area contributed by atoms with Crippen LogP contribution in [0.2, 0.25) is 0 Å². The zero-order chi connectivity index (χ0) is 11.9. The largest absolute Gasteiger partial charge is 0.481 e. The van der Waals surface area contributed by atoms with Gasteiger partial charge in [-0.25, -0.2) is 0 Å². The van der Waals surface area contributed by atoms with Crippen LogP contribution in [0.25, 0.3) is 0 Å². The predicted molar refractivity (Wildman–Crippen MR) is 53.3 cm³/mol. The Labute approximate surface area is 89.0 Å². The summed E-state index contributed by atoms with van der Waals surface area (Å²) in [6, 6.07) is 0. The van der Waals surface area contributed by atoms with Gasteiger partial charge in [-0.15, -0.1) is 0 Å². The summed E-state index contributed by atoms with van der Waals surface area (Å²) in [5.41, 5.74) is -0.808. The highest BCUT2D eigenvalue weighted by molar-refractivity contribution is 5.73. The van der Waals surface area contributed by atoms with Crippen molar-refractivity contribution in [1.29, 1.82) is 0 Å². The molecule has 2 N–H and O–H groups in total. The zero-order valence-electron chi connectivity index (χ0n) is 9.15. The number of hydrogen-bond acceptors (Lipinski definition) is 4. The molecule has 0 atom stereocenters. The highest BCUT2D eigenvalue weighted by Crippen LogP contribution is 2.23. The van der Waals surface area contributed by atoms with Crippen LogP contribution in [-0.4, -0.2) is 35.4 Å². The molecule has 0 aromatic carbocycles. The number of hydrogen-bond donors (Lipinski definition) is 2. The maximum Gasteiger partial charge on any atom is 0.309 e. The van der Waals surface area contributed by atoms with Gasteiger partial charge in [0.25, 0.3) is 0 Å². The minimum Gasteiger partial charge on any atom is -0.481 e. The Morgan fingerprint density at radius 1 is 1.33 bits per heavy atom. The number of ether oxygens (including phenoxy) is 1. The standard InChI is InChI=1S/C10H18O5/c1-10(2,9(13)14)5-3-4-8(12)15-7-6-11/h11H,3-7H2,1-2H3,(H,13,14). The Bertz CT molecular complexity index is 222. The van der Waals surface area contributed by atoms with Crippen LogP contribution in [-0.2, 0) is 14.3 Å². The zero-order valence-corrected chi connectivity index (χ0v) is 9.15. The van der Waals surface area contributed by atoms with Gasteiger partial charge in [-0.05, 0) is 26.7 Å². The molecular weight excluding hydrogens is 200 g/mol. The summed E-state index contributed by atoms with van der Waals surface area (Å²) in [6.07, 6.45) is 1.09. The van der Waals surface area contributed by atoms with Gasteiger partial charge < -0.3 is 14.9 Å². The van der Waals surface area contributed by atoms with Crippen LogP contribution in [0.5, 0.6) is 0 Å². The Kier molecular flexibility index (Phi) is 5.93. The van der Waals surface area contributed by atoms with E-state index in [0.717, 1.165) is 0 Å². The van der Waals surface area contributed by atoms with Crippen LogP contribution < -0.4 is 0 Å². The second-order valence-electron chi connectivity index (χ2n) is 3.99. The summed E-state index contributed by atoms with van der Waals surface area (Å²) in [6.45, 7) is 3.05. The predicted octanol–water partition coefficient (Wildman–Crippen LogP) is 0.803. The highest BCUT2D eigenvalue weighted by atomic mass is 16.5. The van der Waals surface area contributed by atoms with Crippen LogP contribution in [0, 0.1) is 5.41 Å². The maximum absolute atomic E-state index is 11.0. The SMILES string of the molecule is CC(C)(CCCC(=O)OCCO)C(=O)O. The third kappa shape index (κ3) is 6.06. The molecule has 0 aliphatic heterocycles. The van der Waals surface area contributed by atoms with E-state index in [9.17, 15) is 9.59 Å². The first-order valence-electron chi connectivity index (χ1n) is 4.90. The number of rotatable bonds is 7. The van der Waals surface area contributed by atoms with Crippen molar-refractivity contribution in [2.45, 2.75) is 33.1 Å². The first-order chi connectivity index (χ1) is 6.90. The van der Waals surface area contributed by atoms with Crippen molar-refractivity contribution in [2.24, 2.45) is 5.41 Å². The molecule has 0 fully saturated rings. The van der Waals surface area contributed by atoms with E-state index in [1.54, 1.807) is 13.8 Å². The molecule has 0 spiro atoms. The van der Waals surface area contributed by atoms with Crippen LogP contribution in [0.4, 0.5) is 0 Å². The summed E-state index contributed by atoms with van der Waals surface area (Å²) in [5.74, 6) is -1.27. The van der Waals surface area contributed by atoms with Crippen molar-refractivity contribution in [3.8, 4) is 0 Å². The second-order valence-corrected chi connectivity index (χ2v) is 3.99. The molecular formula is C10H18O5. The van der Waals surface area contributed by atoms with E-state index in [4.69, 9.17) is 10.2 Å². The third-order valence-electron chi connectivity index (χ3n) is 2.12. The fraction of sp³-hybridized carbons (Fsp3) is 0.800. The van der Waals surface area contributed by atoms with Crippen molar-refractivity contribution in [2.75, 3.05) is 13.2 Å². The van der Waals surface area contributed by atoms with Gasteiger partial charge in [-0.1, -0.05) is 0 Å². The van der Waals surface area contributed by atoms with Gasteiger partial charge in [0.15, 0.2) is 0 Å². The number of carbonyl (C=O) groups is 2. The molecule has 0 aromatic rings. The molecule has 0 radical (unpaired) electrons. The summed E-state index contributed by atoms with van der Waals surface area (Å²) < 4.78 is 4.63. The highest BCUT2D eigenvalue weighted by Gasteiger charge is 2.26. The second kappa shape index (κ2) is 6.40. The van der Waals surface area contributed by atoms with Crippen LogP contribution in [0.1, 0.15) is 33.1 Å². The molecule has 0 aromatic heterocycles. The van der Waals surface area contributed by atoms with E-state index in [1.807, 2.05) is 0 Å². The smallest absolute Gasteiger partial charge is 0.309 e. The van der Waals surface area contributed by atoms with E-state index in [-0.39, 0.29) is 19.6 Å². The summed E-state index contributed by atoms with van der Waals surface area (Å²) in [4.78, 5) is 21.7. The Balaban J connectivity index is 3.70. The van der Waals surface area contributed by atoms with Gasteiger partial charge in [0.1, 0.15) is 6.61 Å². The van der Waals surface area contributed by atoms with Crippen molar-refractivity contribution in [3.05, 3.63) is 0 Å². The van der Waals surface area contributed by atoms with Crippen LogP contribution in [0.3, 0.4) is 0 Å². The van der Waals surface area contributed by atoms with Gasteiger partial charge in [-0.2, -0.15) is 0 Å². The molecule has 0 bridgehead atoms. The first kappa shape index (κ1) is 13.9. The lowest BCUT2D eigenvalue weighted by molar-refractivity contribution is -0.149. The molecule has 0 rings (SSSR count). The minimum absolute atomic E-state index is 0.00115. The monoisotopic (exact) mass is 218 g/mol. The van der Waals surface area contributed by atoms with Gasteiger partial charge in [0.05, 0.1) is 12.0 Å². The molecule has 0 aliphatic carbocycles. The van der Waals surface area contributed by atoms with Crippen molar-refractivity contribution < 1.29 is 24.5 Å².